The van der Waals surface area contributed by atoms with Crippen molar-refractivity contribution in [1.82, 2.24) is 15.1 Å². The largest absolute Gasteiger partial charge is 0.384 e. The molecule has 0 aliphatic heterocycles. The molecule has 0 radical (unpaired) electrons. The number of nitrogens with two attached hydrogens (primary N) is 1. The molecule has 0 fully saturated rings. The van der Waals surface area contributed by atoms with E-state index >= 15 is 0 Å². The zero-order valence-electron chi connectivity index (χ0n) is 10.8. The van der Waals surface area contributed by atoms with Crippen LogP contribution in [-0.4, -0.2) is 15.7 Å². The number of allylic oxidation sites excluding steroid dienone is 1. The van der Waals surface area contributed by atoms with Crippen molar-refractivity contribution in [3.63, 3.8) is 0 Å². The minimum Gasteiger partial charge on any atom is -0.384 e. The first-order valence-electron chi connectivity index (χ1n) is 6.38. The number of hydrogen-bond acceptors (Lipinski definition) is 3. The number of nitrogens with one attached hydrogen (secondary N) is 1. The lowest BCUT2D eigenvalue weighted by molar-refractivity contribution is -0.120. The Morgan fingerprint density at radius 2 is 2.39 bits per heavy atom. The molecular weight excluding hydrogens is 228 g/mol. The van der Waals surface area contributed by atoms with E-state index in [0.29, 0.717) is 18.8 Å². The number of rotatable bonds is 4. The van der Waals surface area contributed by atoms with Crippen LogP contribution < -0.4 is 11.1 Å². The van der Waals surface area contributed by atoms with Gasteiger partial charge in [-0.15, -0.1) is 0 Å². The van der Waals surface area contributed by atoms with E-state index in [2.05, 4.69) is 16.5 Å². The Morgan fingerprint density at radius 3 is 3.00 bits per heavy atom. The lowest BCUT2D eigenvalue weighted by atomic mass is 9.97. The molecule has 0 bridgehead atoms. The first-order valence-corrected chi connectivity index (χ1v) is 6.38. The molecule has 1 aromatic rings. The van der Waals surface area contributed by atoms with E-state index in [1.165, 1.54) is 18.4 Å². The first kappa shape index (κ1) is 12.7. The van der Waals surface area contributed by atoms with Crippen LogP contribution in [0.25, 0.3) is 0 Å². The number of anilines is 1. The third kappa shape index (κ3) is 3.12. The quantitative estimate of drug-likeness (QED) is 0.793. The molecule has 1 heterocycles. The van der Waals surface area contributed by atoms with Gasteiger partial charge in [-0.3, -0.25) is 9.48 Å². The molecule has 5 heteroatoms. The summed E-state index contributed by atoms with van der Waals surface area (Å²) in [5.74, 6) is 0.665. The zero-order chi connectivity index (χ0) is 13.0. The van der Waals surface area contributed by atoms with Crippen LogP contribution in [0.4, 0.5) is 5.82 Å². The molecule has 1 aromatic heterocycles. The maximum absolute atomic E-state index is 11.8. The van der Waals surface area contributed by atoms with Crippen LogP contribution in [-0.2, 0) is 18.4 Å². The van der Waals surface area contributed by atoms with Crippen molar-refractivity contribution in [2.24, 2.45) is 7.05 Å². The predicted octanol–water partition coefficient (Wildman–Crippen LogP) is 1.51. The molecule has 5 nitrogen and oxygen atoms in total. The highest BCUT2D eigenvalue weighted by molar-refractivity contribution is 5.78. The summed E-state index contributed by atoms with van der Waals surface area (Å²) < 4.78 is 1.60. The van der Waals surface area contributed by atoms with Crippen LogP contribution in [0.15, 0.2) is 17.8 Å². The Morgan fingerprint density at radius 1 is 1.56 bits per heavy atom. The molecule has 0 aromatic carbocycles. The molecule has 1 aliphatic rings. The molecule has 18 heavy (non-hydrogen) atoms. The van der Waals surface area contributed by atoms with Gasteiger partial charge < -0.3 is 11.1 Å². The highest BCUT2D eigenvalue weighted by Crippen LogP contribution is 2.19. The Kier molecular flexibility index (Phi) is 4.02. The minimum absolute atomic E-state index is 0.0615. The third-order valence-corrected chi connectivity index (χ3v) is 3.31. The number of nitrogens with zero attached hydrogens (tertiary/aromatic N) is 2. The van der Waals surface area contributed by atoms with Crippen LogP contribution >= 0.6 is 0 Å². The van der Waals surface area contributed by atoms with Crippen molar-refractivity contribution < 1.29 is 4.79 Å². The molecule has 0 saturated carbocycles. The summed E-state index contributed by atoms with van der Waals surface area (Å²) in [4.78, 5) is 11.8. The number of hydrogen-bond donors (Lipinski definition) is 2. The minimum atomic E-state index is 0.0615. The summed E-state index contributed by atoms with van der Waals surface area (Å²) >= 11 is 0. The van der Waals surface area contributed by atoms with Gasteiger partial charge in [0.15, 0.2) is 0 Å². The van der Waals surface area contributed by atoms with E-state index in [0.717, 1.165) is 18.4 Å². The lowest BCUT2D eigenvalue weighted by Gasteiger charge is -2.12. The molecule has 1 amide bonds. The fraction of sp³-hybridized carbons (Fsp3) is 0.538. The number of carbonyl (C=O) groups excluding carboxylic acids is 1. The van der Waals surface area contributed by atoms with Gasteiger partial charge in [0.25, 0.3) is 0 Å². The van der Waals surface area contributed by atoms with Gasteiger partial charge in [0.1, 0.15) is 5.82 Å². The standard InChI is InChI=1S/C13H20N4O/c1-17-13(14)11(9-16-17)8-15-12(18)7-10-5-3-2-4-6-10/h5,9H,2-4,6-8,14H2,1H3,(H,15,18). The van der Waals surface area contributed by atoms with E-state index in [4.69, 9.17) is 5.73 Å². The molecule has 0 saturated heterocycles. The molecule has 1 aliphatic carbocycles. The average molecular weight is 248 g/mol. The fourth-order valence-corrected chi connectivity index (χ4v) is 2.16. The highest BCUT2D eigenvalue weighted by atomic mass is 16.1. The van der Waals surface area contributed by atoms with Crippen LogP contribution in [0.1, 0.15) is 37.7 Å². The summed E-state index contributed by atoms with van der Waals surface area (Å²) in [6.45, 7) is 0.450. The zero-order valence-corrected chi connectivity index (χ0v) is 10.8. The average Bonchev–Trinajstić information content (AvgIpc) is 2.69. The lowest BCUT2D eigenvalue weighted by Crippen LogP contribution is -2.23. The first-order chi connectivity index (χ1) is 8.66. The van der Waals surface area contributed by atoms with E-state index < -0.39 is 0 Å². The second-order valence-electron chi connectivity index (χ2n) is 4.74. The smallest absolute Gasteiger partial charge is 0.224 e. The van der Waals surface area contributed by atoms with Crippen molar-refractivity contribution in [2.75, 3.05) is 5.73 Å². The van der Waals surface area contributed by atoms with E-state index in [9.17, 15) is 4.79 Å². The summed E-state index contributed by atoms with van der Waals surface area (Å²) in [6.07, 6.45) is 9.02. The normalized spacial score (nSPS) is 15.3. The summed E-state index contributed by atoms with van der Waals surface area (Å²) in [7, 11) is 1.79. The number of amides is 1. The number of carbonyl (C=O) groups is 1. The SMILES string of the molecule is Cn1ncc(CNC(=O)CC2=CCCCC2)c1N. The second-order valence-corrected chi connectivity index (χ2v) is 4.74. The van der Waals surface area contributed by atoms with Crippen LogP contribution in [0.3, 0.4) is 0 Å². The van der Waals surface area contributed by atoms with Crippen molar-refractivity contribution in [2.45, 2.75) is 38.6 Å². The molecule has 0 spiro atoms. The van der Waals surface area contributed by atoms with Gasteiger partial charge >= 0.3 is 0 Å². The molecule has 0 unspecified atom stereocenters. The van der Waals surface area contributed by atoms with E-state index in [1.54, 1.807) is 17.9 Å². The molecule has 2 rings (SSSR count). The highest BCUT2D eigenvalue weighted by Gasteiger charge is 2.10. The number of aryl methyl sites for hydroxylation is 1. The van der Waals surface area contributed by atoms with E-state index in [1.807, 2.05) is 0 Å². The maximum Gasteiger partial charge on any atom is 0.224 e. The van der Waals surface area contributed by atoms with Gasteiger partial charge in [-0.2, -0.15) is 5.10 Å². The van der Waals surface area contributed by atoms with Crippen molar-refractivity contribution >= 4 is 11.7 Å². The third-order valence-electron chi connectivity index (χ3n) is 3.31. The summed E-state index contributed by atoms with van der Waals surface area (Å²) in [5.41, 5.74) is 7.94. The van der Waals surface area contributed by atoms with Crippen LogP contribution in [0, 0.1) is 0 Å². The van der Waals surface area contributed by atoms with Gasteiger partial charge in [0, 0.05) is 25.6 Å². The second kappa shape index (κ2) is 5.71. The van der Waals surface area contributed by atoms with Gasteiger partial charge in [0.05, 0.1) is 6.20 Å². The van der Waals surface area contributed by atoms with Gasteiger partial charge in [0.2, 0.25) is 5.91 Å². The molecule has 0 atom stereocenters. The Bertz CT molecular complexity index is 462. The fourth-order valence-electron chi connectivity index (χ4n) is 2.16. The maximum atomic E-state index is 11.8. The van der Waals surface area contributed by atoms with Crippen molar-refractivity contribution in [3.05, 3.63) is 23.4 Å². The van der Waals surface area contributed by atoms with E-state index in [-0.39, 0.29) is 5.91 Å². The monoisotopic (exact) mass is 248 g/mol. The number of nitrogen functional groups attached to an aromatic ring is 1. The van der Waals surface area contributed by atoms with Crippen LogP contribution in [0.5, 0.6) is 0 Å². The number of aromatic nitrogens is 2. The molecular formula is C13H20N4O. The van der Waals surface area contributed by atoms with Gasteiger partial charge in [-0.1, -0.05) is 11.6 Å². The Balaban J connectivity index is 1.81. The van der Waals surface area contributed by atoms with Crippen molar-refractivity contribution in [1.29, 1.82) is 0 Å². The summed E-state index contributed by atoms with van der Waals surface area (Å²) in [5, 5.41) is 6.93. The molecule has 3 N–H and O–H groups in total. The summed E-state index contributed by atoms with van der Waals surface area (Å²) in [6, 6.07) is 0. The van der Waals surface area contributed by atoms with Crippen molar-refractivity contribution in [3.8, 4) is 0 Å². The van der Waals surface area contributed by atoms with Gasteiger partial charge in [-0.25, -0.2) is 0 Å². The Hall–Kier alpha value is -1.78. The van der Waals surface area contributed by atoms with Gasteiger partial charge in [-0.05, 0) is 25.7 Å². The Labute approximate surface area is 107 Å². The predicted molar refractivity (Wildman–Crippen MR) is 70.6 cm³/mol. The van der Waals surface area contributed by atoms with Crippen LogP contribution in [0.2, 0.25) is 0 Å². The topological polar surface area (TPSA) is 72.9 Å². The molecule has 98 valence electrons.